The Bertz CT molecular complexity index is 2100. The van der Waals surface area contributed by atoms with E-state index in [0.717, 1.165) is 22.9 Å². The SMILES string of the molecule is Cc1cc(C(=O)NCc2cc(O)cc(NS(C)(=O)=O)c2)cc(-c2nc([C@H](C)Nc3ncnc(N)c3C#N)nn3ccc(C)c23)c1. The molecule has 0 aliphatic heterocycles. The van der Waals surface area contributed by atoms with E-state index in [1.807, 2.05) is 45.2 Å². The average Bonchev–Trinajstić information content (AvgIpc) is 3.34. The molecule has 0 aliphatic rings. The number of fused-ring (bicyclic) bond motifs is 1. The van der Waals surface area contributed by atoms with Crippen molar-refractivity contribution < 1.29 is 18.3 Å². The summed E-state index contributed by atoms with van der Waals surface area (Å²) in [6.45, 7) is 5.68. The zero-order valence-electron chi connectivity index (χ0n) is 24.8. The van der Waals surface area contributed by atoms with E-state index in [2.05, 4.69) is 30.4 Å². The first kappa shape index (κ1) is 30.7. The van der Waals surface area contributed by atoms with Gasteiger partial charge in [0.25, 0.3) is 5.91 Å². The molecule has 6 N–H and O–H groups in total. The number of nitrogens with one attached hydrogen (secondary N) is 3. The topological polar surface area (TPSA) is 213 Å². The molecule has 0 fully saturated rings. The molecule has 0 unspecified atom stereocenters. The molecular weight excluding hydrogens is 596 g/mol. The minimum atomic E-state index is -3.55. The fourth-order valence-corrected chi connectivity index (χ4v) is 5.40. The van der Waals surface area contributed by atoms with Crippen LogP contribution < -0.4 is 21.1 Å². The minimum Gasteiger partial charge on any atom is -0.508 e. The van der Waals surface area contributed by atoms with Crippen LogP contribution in [0.2, 0.25) is 0 Å². The fraction of sp³-hybridized carbons (Fsp3) is 0.200. The van der Waals surface area contributed by atoms with Crippen molar-refractivity contribution in [3.8, 4) is 23.1 Å². The summed E-state index contributed by atoms with van der Waals surface area (Å²) in [5.74, 6) is 0.197. The van der Waals surface area contributed by atoms with Crippen LogP contribution in [-0.4, -0.2) is 50.3 Å². The average molecular weight is 627 g/mol. The molecule has 230 valence electrons. The van der Waals surface area contributed by atoms with Crippen LogP contribution in [-0.2, 0) is 16.6 Å². The molecule has 1 atom stereocenters. The largest absolute Gasteiger partial charge is 0.508 e. The number of hydrogen-bond acceptors (Lipinski definition) is 11. The van der Waals surface area contributed by atoms with Crippen LogP contribution >= 0.6 is 0 Å². The van der Waals surface area contributed by atoms with E-state index in [1.165, 1.54) is 24.5 Å². The van der Waals surface area contributed by atoms with Crippen LogP contribution in [0.3, 0.4) is 0 Å². The number of phenols is 1. The Kier molecular flexibility index (Phi) is 8.25. The van der Waals surface area contributed by atoms with Crippen LogP contribution in [0.1, 0.15) is 51.4 Å². The molecular formula is C30H30N10O4S. The number of amides is 1. The van der Waals surface area contributed by atoms with Crippen LogP contribution in [0.15, 0.2) is 55.0 Å². The highest BCUT2D eigenvalue weighted by atomic mass is 32.2. The number of aromatic nitrogens is 5. The number of aryl methyl sites for hydroxylation is 2. The lowest BCUT2D eigenvalue weighted by atomic mass is 10.0. The van der Waals surface area contributed by atoms with Gasteiger partial charge in [-0.1, -0.05) is 0 Å². The third-order valence-corrected chi connectivity index (χ3v) is 7.41. The van der Waals surface area contributed by atoms with Gasteiger partial charge in [-0.05, 0) is 73.9 Å². The summed E-state index contributed by atoms with van der Waals surface area (Å²) in [5.41, 5.74) is 10.8. The molecule has 0 spiro atoms. The maximum Gasteiger partial charge on any atom is 0.251 e. The van der Waals surface area contributed by atoms with Gasteiger partial charge in [0, 0.05) is 29.9 Å². The molecule has 3 aromatic heterocycles. The molecule has 45 heavy (non-hydrogen) atoms. The Morgan fingerprint density at radius 1 is 1.16 bits per heavy atom. The summed E-state index contributed by atoms with van der Waals surface area (Å²) in [7, 11) is -3.55. The Hall–Kier alpha value is -5.75. The number of aromatic hydroxyl groups is 1. The van der Waals surface area contributed by atoms with Crippen LogP contribution in [0.5, 0.6) is 5.75 Å². The summed E-state index contributed by atoms with van der Waals surface area (Å²) in [6, 6.07) is 13.1. The standard InChI is InChI=1S/C30H30N10O4S/c1-16-7-20(11-21(8-16)30(42)33-14-19-9-22(12-23(41)10-19)39-45(4,43)44)25-26-17(2)5-6-40(26)38-28(37-25)18(3)36-29-24(13-31)27(32)34-15-35-29/h5-12,15,18,39,41H,14H2,1-4H3,(H,33,42)(H3,32,34,35,36)/t18-/m0/s1. The predicted octanol–water partition coefficient (Wildman–Crippen LogP) is 3.44. The quantitative estimate of drug-likeness (QED) is 0.160. The first-order chi connectivity index (χ1) is 21.3. The molecule has 14 nitrogen and oxygen atoms in total. The summed E-state index contributed by atoms with van der Waals surface area (Å²) in [5, 5.41) is 30.2. The van der Waals surface area contributed by atoms with Gasteiger partial charge in [0.05, 0.1) is 29.2 Å². The van der Waals surface area contributed by atoms with Gasteiger partial charge in [0.1, 0.15) is 35.3 Å². The van der Waals surface area contributed by atoms with Gasteiger partial charge in [0.2, 0.25) is 10.0 Å². The second kappa shape index (κ2) is 12.1. The second-order valence-corrected chi connectivity index (χ2v) is 12.4. The van der Waals surface area contributed by atoms with Gasteiger partial charge in [-0.2, -0.15) is 10.4 Å². The molecule has 5 aromatic rings. The fourth-order valence-electron chi connectivity index (χ4n) is 4.85. The van der Waals surface area contributed by atoms with Gasteiger partial charge in [-0.15, -0.1) is 0 Å². The normalized spacial score (nSPS) is 12.0. The number of phenolic OH excluding ortho intramolecular Hbond substituents is 1. The first-order valence-corrected chi connectivity index (χ1v) is 15.5. The number of hydrogen-bond donors (Lipinski definition) is 5. The van der Waals surface area contributed by atoms with E-state index in [-0.39, 0.29) is 41.1 Å². The van der Waals surface area contributed by atoms with Crippen molar-refractivity contribution in [2.75, 3.05) is 22.0 Å². The van der Waals surface area contributed by atoms with Crippen molar-refractivity contribution in [2.45, 2.75) is 33.4 Å². The van der Waals surface area contributed by atoms with E-state index in [0.29, 0.717) is 28.2 Å². The number of sulfonamides is 1. The van der Waals surface area contributed by atoms with Crippen molar-refractivity contribution in [1.29, 1.82) is 5.26 Å². The summed E-state index contributed by atoms with van der Waals surface area (Å²) in [6.07, 6.45) is 4.09. The molecule has 0 bridgehead atoms. The molecule has 0 radical (unpaired) electrons. The molecule has 1 amide bonds. The predicted molar refractivity (Wildman–Crippen MR) is 169 cm³/mol. The van der Waals surface area contributed by atoms with Crippen LogP contribution in [0.4, 0.5) is 17.3 Å². The third kappa shape index (κ3) is 6.92. The minimum absolute atomic E-state index is 0.0378. The van der Waals surface area contributed by atoms with Gasteiger partial charge >= 0.3 is 0 Å². The number of anilines is 3. The summed E-state index contributed by atoms with van der Waals surface area (Å²) in [4.78, 5) is 26.2. The highest BCUT2D eigenvalue weighted by molar-refractivity contribution is 7.92. The highest BCUT2D eigenvalue weighted by Crippen LogP contribution is 2.30. The number of benzene rings is 2. The van der Waals surface area contributed by atoms with Crippen molar-refractivity contribution in [1.82, 2.24) is 29.9 Å². The second-order valence-electron chi connectivity index (χ2n) is 10.6. The Labute approximate surface area is 259 Å². The summed E-state index contributed by atoms with van der Waals surface area (Å²) >= 11 is 0. The molecule has 2 aromatic carbocycles. The number of nitrogens with zero attached hydrogens (tertiary/aromatic N) is 6. The number of rotatable bonds is 9. The smallest absolute Gasteiger partial charge is 0.251 e. The monoisotopic (exact) mass is 626 g/mol. The number of carbonyl (C=O) groups is 1. The zero-order valence-corrected chi connectivity index (χ0v) is 25.6. The van der Waals surface area contributed by atoms with Crippen LogP contribution in [0.25, 0.3) is 16.8 Å². The highest BCUT2D eigenvalue weighted by Gasteiger charge is 2.20. The van der Waals surface area contributed by atoms with Crippen molar-refractivity contribution >= 4 is 38.8 Å². The lowest BCUT2D eigenvalue weighted by Crippen LogP contribution is -2.23. The van der Waals surface area contributed by atoms with E-state index in [1.54, 1.807) is 16.6 Å². The maximum absolute atomic E-state index is 13.3. The van der Waals surface area contributed by atoms with Crippen LogP contribution in [0, 0.1) is 25.2 Å². The zero-order chi connectivity index (χ0) is 32.5. The van der Waals surface area contributed by atoms with E-state index < -0.39 is 16.1 Å². The van der Waals surface area contributed by atoms with E-state index in [9.17, 15) is 23.6 Å². The number of nitrogens with two attached hydrogens (primary N) is 1. The Morgan fingerprint density at radius 3 is 2.67 bits per heavy atom. The molecule has 0 aliphatic carbocycles. The lowest BCUT2D eigenvalue weighted by Gasteiger charge is -2.17. The third-order valence-electron chi connectivity index (χ3n) is 6.80. The molecule has 3 heterocycles. The lowest BCUT2D eigenvalue weighted by molar-refractivity contribution is 0.0950. The van der Waals surface area contributed by atoms with Gasteiger partial charge in [-0.3, -0.25) is 9.52 Å². The summed E-state index contributed by atoms with van der Waals surface area (Å²) < 4.78 is 27.3. The molecule has 0 saturated heterocycles. The number of carbonyl (C=O) groups excluding carboxylic acids is 1. The molecule has 15 heteroatoms. The number of nitriles is 1. The number of nitrogen functional groups attached to an aromatic ring is 1. The first-order valence-electron chi connectivity index (χ1n) is 13.6. The van der Waals surface area contributed by atoms with Crippen molar-refractivity contribution in [2.24, 2.45) is 0 Å². The Balaban J connectivity index is 1.46. The van der Waals surface area contributed by atoms with Crippen molar-refractivity contribution in [3.05, 3.63) is 88.6 Å². The van der Waals surface area contributed by atoms with E-state index in [4.69, 9.17) is 10.7 Å². The van der Waals surface area contributed by atoms with Crippen molar-refractivity contribution in [3.63, 3.8) is 0 Å². The van der Waals surface area contributed by atoms with Gasteiger partial charge < -0.3 is 21.5 Å². The van der Waals surface area contributed by atoms with E-state index >= 15 is 0 Å². The molecule has 0 saturated carbocycles. The molecule has 5 rings (SSSR count). The Morgan fingerprint density at radius 2 is 1.93 bits per heavy atom. The maximum atomic E-state index is 13.3. The van der Waals surface area contributed by atoms with Gasteiger partial charge in [-0.25, -0.2) is 27.9 Å². The van der Waals surface area contributed by atoms with Gasteiger partial charge in [0.15, 0.2) is 5.82 Å².